The second kappa shape index (κ2) is 8.68. The normalized spacial score (nSPS) is 23.1. The van der Waals surface area contributed by atoms with Crippen molar-refractivity contribution in [2.75, 3.05) is 13.2 Å². The fourth-order valence-electron chi connectivity index (χ4n) is 4.49. The molecule has 140 valence electrons. The second-order valence-corrected chi connectivity index (χ2v) is 7.54. The molecule has 2 saturated carbocycles. The first-order valence-corrected chi connectivity index (χ1v) is 9.95. The summed E-state index contributed by atoms with van der Waals surface area (Å²) in [6.07, 6.45) is 11.8. The molecule has 0 unspecified atom stereocenters. The summed E-state index contributed by atoms with van der Waals surface area (Å²) in [4.78, 5) is 39.3. The van der Waals surface area contributed by atoms with Crippen molar-refractivity contribution in [1.29, 1.82) is 0 Å². The number of hydrogen-bond donors (Lipinski definition) is 0. The smallest absolute Gasteiger partial charge is 0.410 e. The van der Waals surface area contributed by atoms with Gasteiger partial charge in [-0.1, -0.05) is 38.5 Å². The highest BCUT2D eigenvalue weighted by molar-refractivity contribution is 6.01. The lowest BCUT2D eigenvalue weighted by molar-refractivity contribution is -0.139. The minimum atomic E-state index is -0.252. The fraction of sp³-hybridized carbons (Fsp3) is 0.842. The zero-order valence-corrected chi connectivity index (χ0v) is 15.1. The van der Waals surface area contributed by atoms with E-state index in [9.17, 15) is 14.4 Å². The standard InChI is InChI=1S/C19H30N2O4/c22-17-11-12-18(23)20(17)13-14-25-19(24)21(15-7-3-1-4-8-15)16-9-5-2-6-10-16/h15-16H,1-14H2. The van der Waals surface area contributed by atoms with Crippen LogP contribution >= 0.6 is 0 Å². The van der Waals surface area contributed by atoms with Gasteiger partial charge in [0, 0.05) is 24.9 Å². The molecule has 0 aromatic heterocycles. The Hall–Kier alpha value is -1.59. The first kappa shape index (κ1) is 18.2. The number of carbonyl (C=O) groups is 3. The quantitative estimate of drug-likeness (QED) is 0.714. The summed E-state index contributed by atoms with van der Waals surface area (Å²) in [5.74, 6) is -0.310. The Bertz CT molecular complexity index is 462. The minimum Gasteiger partial charge on any atom is -0.447 e. The van der Waals surface area contributed by atoms with E-state index in [2.05, 4.69) is 0 Å². The number of hydrogen-bond acceptors (Lipinski definition) is 4. The Kier molecular flexibility index (Phi) is 6.32. The van der Waals surface area contributed by atoms with Gasteiger partial charge in [-0.25, -0.2) is 4.79 Å². The zero-order valence-electron chi connectivity index (χ0n) is 15.1. The lowest BCUT2D eigenvalue weighted by Gasteiger charge is -2.40. The van der Waals surface area contributed by atoms with Crippen molar-refractivity contribution < 1.29 is 19.1 Å². The number of likely N-dealkylation sites (tertiary alicyclic amines) is 1. The lowest BCUT2D eigenvalue weighted by atomic mass is 9.89. The van der Waals surface area contributed by atoms with Crippen molar-refractivity contribution in [3.8, 4) is 0 Å². The molecule has 0 spiro atoms. The molecule has 0 aromatic carbocycles. The summed E-state index contributed by atoms with van der Waals surface area (Å²) in [7, 11) is 0. The number of imide groups is 1. The van der Waals surface area contributed by atoms with Crippen LogP contribution < -0.4 is 0 Å². The minimum absolute atomic E-state index is 0.103. The molecular weight excluding hydrogens is 320 g/mol. The monoisotopic (exact) mass is 350 g/mol. The van der Waals surface area contributed by atoms with Crippen molar-refractivity contribution in [3.05, 3.63) is 0 Å². The van der Waals surface area contributed by atoms with Gasteiger partial charge in [0.25, 0.3) is 0 Å². The van der Waals surface area contributed by atoms with Crippen molar-refractivity contribution in [2.45, 2.75) is 89.1 Å². The van der Waals surface area contributed by atoms with E-state index in [1.807, 2.05) is 4.90 Å². The molecule has 0 aromatic rings. The van der Waals surface area contributed by atoms with Crippen LogP contribution in [0.5, 0.6) is 0 Å². The Morgan fingerprint density at radius 1 is 0.880 bits per heavy atom. The molecule has 1 heterocycles. The topological polar surface area (TPSA) is 66.9 Å². The molecule has 3 rings (SSSR count). The van der Waals surface area contributed by atoms with Gasteiger partial charge in [-0.3, -0.25) is 14.5 Å². The highest BCUT2D eigenvalue weighted by Gasteiger charge is 2.34. The molecule has 0 bridgehead atoms. The number of ether oxygens (including phenoxy) is 1. The van der Waals surface area contributed by atoms with Gasteiger partial charge in [0.2, 0.25) is 11.8 Å². The van der Waals surface area contributed by atoms with Gasteiger partial charge in [0.15, 0.2) is 0 Å². The summed E-state index contributed by atoms with van der Waals surface area (Å²) in [5.41, 5.74) is 0. The highest BCUT2D eigenvalue weighted by Crippen LogP contribution is 2.30. The van der Waals surface area contributed by atoms with E-state index in [0.29, 0.717) is 12.1 Å². The fourth-order valence-corrected chi connectivity index (χ4v) is 4.49. The summed E-state index contributed by atoms with van der Waals surface area (Å²) in [6, 6.07) is 0.582. The van der Waals surface area contributed by atoms with Gasteiger partial charge in [-0.15, -0.1) is 0 Å². The number of nitrogens with zero attached hydrogens (tertiary/aromatic N) is 2. The van der Waals surface area contributed by atoms with E-state index in [1.165, 1.54) is 43.4 Å². The molecule has 0 atom stereocenters. The van der Waals surface area contributed by atoms with Crippen molar-refractivity contribution in [2.24, 2.45) is 0 Å². The summed E-state index contributed by atoms with van der Waals surface area (Å²) in [6.45, 7) is 0.291. The lowest BCUT2D eigenvalue weighted by Crippen LogP contribution is -2.49. The molecular formula is C19H30N2O4. The van der Waals surface area contributed by atoms with E-state index in [0.717, 1.165) is 25.7 Å². The van der Waals surface area contributed by atoms with Crippen LogP contribution in [0.3, 0.4) is 0 Å². The van der Waals surface area contributed by atoms with E-state index in [4.69, 9.17) is 4.74 Å². The molecule has 25 heavy (non-hydrogen) atoms. The van der Waals surface area contributed by atoms with E-state index in [-0.39, 0.29) is 43.9 Å². The Balaban J connectivity index is 1.56. The van der Waals surface area contributed by atoms with Crippen LogP contribution in [0, 0.1) is 0 Å². The third kappa shape index (κ3) is 4.53. The molecule has 3 aliphatic rings. The Morgan fingerprint density at radius 2 is 1.36 bits per heavy atom. The Morgan fingerprint density at radius 3 is 1.84 bits per heavy atom. The summed E-state index contributed by atoms with van der Waals surface area (Å²) in [5, 5.41) is 0. The predicted octanol–water partition coefficient (Wildman–Crippen LogP) is 3.24. The van der Waals surface area contributed by atoms with Gasteiger partial charge in [-0.2, -0.15) is 0 Å². The first-order valence-electron chi connectivity index (χ1n) is 9.95. The number of amides is 3. The maximum atomic E-state index is 12.8. The first-order chi connectivity index (χ1) is 12.2. The van der Waals surface area contributed by atoms with Crippen molar-refractivity contribution in [1.82, 2.24) is 9.80 Å². The van der Waals surface area contributed by atoms with E-state index < -0.39 is 0 Å². The second-order valence-electron chi connectivity index (χ2n) is 7.54. The zero-order chi connectivity index (χ0) is 17.6. The molecule has 2 aliphatic carbocycles. The van der Waals surface area contributed by atoms with Crippen LogP contribution in [0.2, 0.25) is 0 Å². The highest BCUT2D eigenvalue weighted by atomic mass is 16.6. The predicted molar refractivity (Wildman–Crippen MR) is 92.9 cm³/mol. The maximum Gasteiger partial charge on any atom is 0.410 e. The molecule has 6 nitrogen and oxygen atoms in total. The van der Waals surface area contributed by atoms with Crippen LogP contribution in [-0.4, -0.2) is 52.9 Å². The van der Waals surface area contributed by atoms with E-state index in [1.54, 1.807) is 0 Å². The van der Waals surface area contributed by atoms with Gasteiger partial charge in [-0.05, 0) is 25.7 Å². The van der Waals surface area contributed by atoms with Crippen LogP contribution in [0.1, 0.15) is 77.0 Å². The van der Waals surface area contributed by atoms with Gasteiger partial charge in [0.05, 0.1) is 6.54 Å². The van der Waals surface area contributed by atoms with Crippen LogP contribution in [0.15, 0.2) is 0 Å². The molecule has 0 N–H and O–H groups in total. The van der Waals surface area contributed by atoms with Crippen molar-refractivity contribution >= 4 is 17.9 Å². The van der Waals surface area contributed by atoms with Crippen LogP contribution in [-0.2, 0) is 14.3 Å². The van der Waals surface area contributed by atoms with Crippen LogP contribution in [0.25, 0.3) is 0 Å². The average Bonchev–Trinajstić information content (AvgIpc) is 2.96. The molecule has 6 heteroatoms. The van der Waals surface area contributed by atoms with Gasteiger partial charge >= 0.3 is 6.09 Å². The van der Waals surface area contributed by atoms with Gasteiger partial charge in [0.1, 0.15) is 6.61 Å². The largest absolute Gasteiger partial charge is 0.447 e. The number of carbonyl (C=O) groups excluding carboxylic acids is 3. The third-order valence-corrected chi connectivity index (χ3v) is 5.84. The summed E-state index contributed by atoms with van der Waals surface area (Å²) < 4.78 is 5.51. The molecule has 3 amide bonds. The summed E-state index contributed by atoms with van der Waals surface area (Å²) >= 11 is 0. The average molecular weight is 350 g/mol. The third-order valence-electron chi connectivity index (χ3n) is 5.84. The number of rotatable bonds is 5. The van der Waals surface area contributed by atoms with Gasteiger partial charge < -0.3 is 9.64 Å². The van der Waals surface area contributed by atoms with Crippen molar-refractivity contribution in [3.63, 3.8) is 0 Å². The molecule has 3 fully saturated rings. The SMILES string of the molecule is O=C1CCC(=O)N1CCOC(=O)N(C1CCCCC1)C1CCCCC1. The van der Waals surface area contributed by atoms with Crippen LogP contribution in [0.4, 0.5) is 4.79 Å². The van der Waals surface area contributed by atoms with E-state index >= 15 is 0 Å². The maximum absolute atomic E-state index is 12.8. The molecule has 0 radical (unpaired) electrons. The molecule has 1 aliphatic heterocycles. The Labute approximate surface area is 149 Å². The molecule has 1 saturated heterocycles.